The molecule has 6 nitrogen and oxygen atoms in total. The average Bonchev–Trinajstić information content (AvgIpc) is 2.63. The molecule has 2 N–H and O–H groups in total. The molecule has 3 rings (SSSR count). The first-order valence-electron chi connectivity index (χ1n) is 8.55. The molecule has 0 aliphatic carbocycles. The molecule has 1 saturated heterocycles. The number of amides is 1. The van der Waals surface area contributed by atoms with Crippen molar-refractivity contribution in [2.45, 2.75) is 6.18 Å². The zero-order valence-electron chi connectivity index (χ0n) is 15.3. The number of anilines is 1. The number of benzene rings is 1. The molecule has 156 valence electrons. The first kappa shape index (κ1) is 21.3. The van der Waals surface area contributed by atoms with Crippen LogP contribution in [0, 0.1) is 5.82 Å². The molecule has 1 aliphatic rings. The van der Waals surface area contributed by atoms with Crippen LogP contribution in [0.25, 0.3) is 5.69 Å². The monoisotopic (exact) mass is 476 g/mol. The quantitative estimate of drug-likeness (QED) is 0.691. The number of rotatable bonds is 3. The zero-order chi connectivity index (χ0) is 21.5. The minimum atomic E-state index is -4.92. The Bertz CT molecular complexity index is 1010. The van der Waals surface area contributed by atoms with Gasteiger partial charge in [0.25, 0.3) is 11.5 Å². The van der Waals surface area contributed by atoms with Gasteiger partial charge < -0.3 is 15.5 Å². The lowest BCUT2D eigenvalue weighted by Gasteiger charge is -2.35. The van der Waals surface area contributed by atoms with Gasteiger partial charge in [-0.2, -0.15) is 13.2 Å². The number of piperazine rings is 1. The Balaban J connectivity index is 2.23. The highest BCUT2D eigenvalue weighted by atomic mass is 79.9. The maximum Gasteiger partial charge on any atom is 0.417 e. The van der Waals surface area contributed by atoms with E-state index in [0.29, 0.717) is 37.9 Å². The standard InChI is InChI=1S/C18H17BrF4N4O2/c1-25-2-4-26(5-3-25)14-8-13(20)12(19)7-15(14)27-9-10(17(24)29)11(6-16(27)28)18(21,22)23/h6-9H,2-5H2,1H3,(H2,24,29). The second-order valence-corrected chi connectivity index (χ2v) is 7.57. The highest BCUT2D eigenvalue weighted by molar-refractivity contribution is 9.10. The van der Waals surface area contributed by atoms with Gasteiger partial charge in [-0.1, -0.05) is 0 Å². The van der Waals surface area contributed by atoms with Crippen LogP contribution in [-0.4, -0.2) is 48.6 Å². The second-order valence-electron chi connectivity index (χ2n) is 6.72. The van der Waals surface area contributed by atoms with Gasteiger partial charge in [-0.25, -0.2) is 4.39 Å². The van der Waals surface area contributed by atoms with E-state index in [9.17, 15) is 27.2 Å². The number of nitrogens with two attached hydrogens (primary N) is 1. The molecule has 1 aromatic carbocycles. The summed E-state index contributed by atoms with van der Waals surface area (Å²) in [5, 5.41) is 0. The van der Waals surface area contributed by atoms with Crippen LogP contribution in [-0.2, 0) is 6.18 Å². The van der Waals surface area contributed by atoms with E-state index in [1.807, 2.05) is 11.9 Å². The molecular weight excluding hydrogens is 460 g/mol. The number of nitrogens with zero attached hydrogens (tertiary/aromatic N) is 3. The van der Waals surface area contributed by atoms with Gasteiger partial charge in [0, 0.05) is 44.5 Å². The lowest BCUT2D eigenvalue weighted by molar-refractivity contribution is -0.138. The van der Waals surface area contributed by atoms with Gasteiger partial charge in [-0.3, -0.25) is 14.2 Å². The van der Waals surface area contributed by atoms with Crippen LogP contribution < -0.4 is 16.2 Å². The molecule has 1 aromatic heterocycles. The third-order valence-electron chi connectivity index (χ3n) is 4.75. The summed E-state index contributed by atoms with van der Waals surface area (Å²) >= 11 is 3.04. The van der Waals surface area contributed by atoms with Crippen LogP contribution in [0.5, 0.6) is 0 Å². The maximum atomic E-state index is 14.2. The van der Waals surface area contributed by atoms with E-state index >= 15 is 0 Å². The summed E-state index contributed by atoms with van der Waals surface area (Å²) in [6.07, 6.45) is -4.17. The molecule has 29 heavy (non-hydrogen) atoms. The Labute approximate surface area is 171 Å². The SMILES string of the molecule is CN1CCN(c2cc(F)c(Br)cc2-n2cc(C(N)=O)c(C(F)(F)F)cc2=O)CC1. The molecule has 2 aromatic rings. The van der Waals surface area contributed by atoms with Crippen molar-refractivity contribution < 1.29 is 22.4 Å². The summed E-state index contributed by atoms with van der Waals surface area (Å²) in [4.78, 5) is 28.1. The molecule has 1 amide bonds. The smallest absolute Gasteiger partial charge is 0.367 e. The Kier molecular flexibility index (Phi) is 5.72. The molecule has 1 aliphatic heterocycles. The first-order chi connectivity index (χ1) is 13.5. The molecule has 0 unspecified atom stereocenters. The van der Waals surface area contributed by atoms with Crippen molar-refractivity contribution in [3.8, 4) is 5.69 Å². The lowest BCUT2D eigenvalue weighted by Crippen LogP contribution is -2.45. The van der Waals surface area contributed by atoms with Crippen molar-refractivity contribution in [1.29, 1.82) is 0 Å². The van der Waals surface area contributed by atoms with Gasteiger partial charge in [0.1, 0.15) is 5.82 Å². The molecule has 11 heteroatoms. The molecule has 0 saturated carbocycles. The summed E-state index contributed by atoms with van der Waals surface area (Å²) in [6, 6.07) is 2.83. The van der Waals surface area contributed by atoms with E-state index in [0.717, 1.165) is 10.8 Å². The summed E-state index contributed by atoms with van der Waals surface area (Å²) in [5.74, 6) is -1.91. The third kappa shape index (κ3) is 4.30. The lowest BCUT2D eigenvalue weighted by atomic mass is 10.1. The Morgan fingerprint density at radius 3 is 2.28 bits per heavy atom. The molecule has 0 spiro atoms. The summed E-state index contributed by atoms with van der Waals surface area (Å²) in [7, 11) is 1.93. The van der Waals surface area contributed by atoms with Crippen molar-refractivity contribution in [2.75, 3.05) is 38.1 Å². The minimum Gasteiger partial charge on any atom is -0.367 e. The predicted octanol–water partition coefficient (Wildman–Crippen LogP) is 2.61. The van der Waals surface area contributed by atoms with E-state index in [-0.39, 0.29) is 10.2 Å². The van der Waals surface area contributed by atoms with Gasteiger partial charge in [0.05, 0.1) is 27.0 Å². The Morgan fingerprint density at radius 1 is 1.10 bits per heavy atom. The average molecular weight is 477 g/mol. The van der Waals surface area contributed by atoms with Crippen LogP contribution in [0.2, 0.25) is 0 Å². The second kappa shape index (κ2) is 7.79. The Hall–Kier alpha value is -2.40. The van der Waals surface area contributed by atoms with Gasteiger partial charge in [-0.15, -0.1) is 0 Å². The summed E-state index contributed by atoms with van der Waals surface area (Å²) < 4.78 is 54.8. The van der Waals surface area contributed by atoms with Crippen molar-refractivity contribution in [1.82, 2.24) is 9.47 Å². The van der Waals surface area contributed by atoms with Gasteiger partial charge in [0.15, 0.2) is 0 Å². The van der Waals surface area contributed by atoms with E-state index < -0.39 is 34.6 Å². The van der Waals surface area contributed by atoms with Crippen molar-refractivity contribution in [2.24, 2.45) is 5.73 Å². The molecule has 2 heterocycles. The number of carbonyl (C=O) groups excluding carboxylic acids is 1. The fourth-order valence-corrected chi connectivity index (χ4v) is 3.50. The van der Waals surface area contributed by atoms with Crippen LogP contribution >= 0.6 is 15.9 Å². The highest BCUT2D eigenvalue weighted by Gasteiger charge is 2.36. The minimum absolute atomic E-state index is 0.0257. The van der Waals surface area contributed by atoms with Crippen molar-refractivity contribution in [3.05, 3.63) is 56.2 Å². The summed E-state index contributed by atoms with van der Waals surface area (Å²) in [6.45, 7) is 2.43. The van der Waals surface area contributed by atoms with E-state index in [2.05, 4.69) is 20.8 Å². The number of carbonyl (C=O) groups is 1. The number of primary amides is 1. The number of aromatic nitrogens is 1. The molecule has 0 radical (unpaired) electrons. The predicted molar refractivity (Wildman–Crippen MR) is 103 cm³/mol. The van der Waals surface area contributed by atoms with Gasteiger partial charge >= 0.3 is 6.18 Å². The van der Waals surface area contributed by atoms with E-state index in [4.69, 9.17) is 5.73 Å². The number of alkyl halides is 3. The van der Waals surface area contributed by atoms with Crippen LogP contribution in [0.1, 0.15) is 15.9 Å². The molecule has 1 fully saturated rings. The molecular formula is C18H17BrF4N4O2. The first-order valence-corrected chi connectivity index (χ1v) is 9.35. The van der Waals surface area contributed by atoms with Gasteiger partial charge in [0.2, 0.25) is 0 Å². The number of hydrogen-bond acceptors (Lipinski definition) is 4. The fraction of sp³-hybridized carbons (Fsp3) is 0.333. The van der Waals surface area contributed by atoms with Crippen LogP contribution in [0.4, 0.5) is 23.2 Å². The number of likely N-dealkylation sites (N-methyl/N-ethyl adjacent to an activating group) is 1. The van der Waals surface area contributed by atoms with E-state index in [1.54, 1.807) is 0 Å². The number of pyridine rings is 1. The number of hydrogen-bond donors (Lipinski definition) is 1. The third-order valence-corrected chi connectivity index (χ3v) is 5.35. The zero-order valence-corrected chi connectivity index (χ0v) is 16.8. The topological polar surface area (TPSA) is 71.6 Å². The largest absolute Gasteiger partial charge is 0.417 e. The van der Waals surface area contributed by atoms with Crippen LogP contribution in [0.15, 0.2) is 33.7 Å². The van der Waals surface area contributed by atoms with Crippen LogP contribution in [0.3, 0.4) is 0 Å². The van der Waals surface area contributed by atoms with Crippen molar-refractivity contribution in [3.63, 3.8) is 0 Å². The fourth-order valence-electron chi connectivity index (χ4n) is 3.17. The summed E-state index contributed by atoms with van der Waals surface area (Å²) in [5.41, 5.74) is 2.32. The van der Waals surface area contributed by atoms with E-state index in [1.165, 1.54) is 12.1 Å². The number of halogens is 5. The maximum absolute atomic E-state index is 14.2. The van der Waals surface area contributed by atoms with Crippen molar-refractivity contribution >= 4 is 27.5 Å². The Morgan fingerprint density at radius 2 is 1.72 bits per heavy atom. The normalized spacial score (nSPS) is 15.6. The molecule has 0 bridgehead atoms. The molecule has 0 atom stereocenters. The highest BCUT2D eigenvalue weighted by Crippen LogP contribution is 2.34. The van der Waals surface area contributed by atoms with Gasteiger partial charge in [-0.05, 0) is 29.0 Å².